The standard InChI is InChI=1S/C10H18O2/c1-9-5-3-4-8(11)10(9,2)7-12-6-9/h8,11H,3-7H2,1-2H3/t8-,9-,10-/m1/s1. The molecule has 2 rings (SSSR count). The van der Waals surface area contributed by atoms with E-state index in [-0.39, 0.29) is 16.9 Å². The number of hydrogen-bond acceptors (Lipinski definition) is 2. The average Bonchev–Trinajstić information content (AvgIpc) is 2.30. The summed E-state index contributed by atoms with van der Waals surface area (Å²) in [6.07, 6.45) is 3.16. The summed E-state index contributed by atoms with van der Waals surface area (Å²) in [5.41, 5.74) is 0.246. The zero-order chi connectivity index (χ0) is 8.82. The van der Waals surface area contributed by atoms with Crippen molar-refractivity contribution in [3.63, 3.8) is 0 Å². The lowest BCUT2D eigenvalue weighted by molar-refractivity contribution is -0.0618. The normalized spacial score (nSPS) is 53.8. The van der Waals surface area contributed by atoms with Crippen molar-refractivity contribution in [3.8, 4) is 0 Å². The van der Waals surface area contributed by atoms with Gasteiger partial charge in [-0.2, -0.15) is 0 Å². The summed E-state index contributed by atoms with van der Waals surface area (Å²) in [5, 5.41) is 9.92. The van der Waals surface area contributed by atoms with E-state index in [2.05, 4.69) is 13.8 Å². The van der Waals surface area contributed by atoms with Gasteiger partial charge in [-0.3, -0.25) is 0 Å². The Labute approximate surface area is 73.9 Å². The zero-order valence-electron chi connectivity index (χ0n) is 7.97. The molecule has 0 aromatic carbocycles. The maximum Gasteiger partial charge on any atom is 0.0621 e. The van der Waals surface area contributed by atoms with Gasteiger partial charge in [0.2, 0.25) is 0 Å². The molecule has 3 atom stereocenters. The molecule has 0 bridgehead atoms. The van der Waals surface area contributed by atoms with E-state index in [1.54, 1.807) is 0 Å². The molecular formula is C10H18O2. The molecular weight excluding hydrogens is 152 g/mol. The topological polar surface area (TPSA) is 29.5 Å². The molecule has 2 fully saturated rings. The van der Waals surface area contributed by atoms with Gasteiger partial charge in [0.1, 0.15) is 0 Å². The van der Waals surface area contributed by atoms with E-state index in [4.69, 9.17) is 4.74 Å². The molecule has 1 N–H and O–H groups in total. The van der Waals surface area contributed by atoms with Crippen LogP contribution in [-0.2, 0) is 4.74 Å². The highest BCUT2D eigenvalue weighted by Gasteiger charge is 2.55. The fourth-order valence-corrected chi connectivity index (χ4v) is 2.69. The van der Waals surface area contributed by atoms with Gasteiger partial charge in [-0.25, -0.2) is 0 Å². The molecule has 2 nitrogen and oxygen atoms in total. The van der Waals surface area contributed by atoms with Crippen molar-refractivity contribution in [1.82, 2.24) is 0 Å². The molecule has 0 aromatic rings. The van der Waals surface area contributed by atoms with E-state index in [9.17, 15) is 5.11 Å². The number of ether oxygens (including phenoxy) is 1. The van der Waals surface area contributed by atoms with Crippen LogP contribution in [-0.4, -0.2) is 24.4 Å². The van der Waals surface area contributed by atoms with Crippen molar-refractivity contribution in [2.75, 3.05) is 13.2 Å². The first-order valence-electron chi connectivity index (χ1n) is 4.84. The van der Waals surface area contributed by atoms with Crippen LogP contribution in [0.2, 0.25) is 0 Å². The molecule has 1 heterocycles. The minimum atomic E-state index is -0.154. The molecule has 1 aliphatic heterocycles. The minimum Gasteiger partial charge on any atom is -0.392 e. The average molecular weight is 170 g/mol. The van der Waals surface area contributed by atoms with Crippen LogP contribution < -0.4 is 0 Å². The number of aliphatic hydroxyl groups is 1. The highest BCUT2D eigenvalue weighted by molar-refractivity contribution is 5.03. The molecule has 12 heavy (non-hydrogen) atoms. The number of hydrogen-bond donors (Lipinski definition) is 1. The number of aliphatic hydroxyl groups excluding tert-OH is 1. The third-order valence-corrected chi connectivity index (χ3v) is 4.14. The molecule has 1 aliphatic carbocycles. The minimum absolute atomic E-state index is 0.0191. The zero-order valence-corrected chi connectivity index (χ0v) is 7.97. The predicted molar refractivity (Wildman–Crippen MR) is 46.9 cm³/mol. The lowest BCUT2D eigenvalue weighted by Crippen LogP contribution is -2.48. The largest absolute Gasteiger partial charge is 0.392 e. The summed E-state index contributed by atoms with van der Waals surface area (Å²) < 4.78 is 5.51. The summed E-state index contributed by atoms with van der Waals surface area (Å²) in [6.45, 7) is 6.00. The van der Waals surface area contributed by atoms with Gasteiger partial charge in [-0.05, 0) is 12.8 Å². The maximum absolute atomic E-state index is 9.92. The van der Waals surface area contributed by atoms with Crippen LogP contribution in [0.1, 0.15) is 33.1 Å². The van der Waals surface area contributed by atoms with Crippen LogP contribution in [0.25, 0.3) is 0 Å². The van der Waals surface area contributed by atoms with E-state index in [1.807, 2.05) is 0 Å². The van der Waals surface area contributed by atoms with Crippen LogP contribution in [0.3, 0.4) is 0 Å². The summed E-state index contributed by atoms with van der Waals surface area (Å²) >= 11 is 0. The van der Waals surface area contributed by atoms with Gasteiger partial charge in [-0.15, -0.1) is 0 Å². The first-order chi connectivity index (χ1) is 5.58. The fraction of sp³-hybridized carbons (Fsp3) is 1.00. The lowest BCUT2D eigenvalue weighted by atomic mass is 9.58. The van der Waals surface area contributed by atoms with Gasteiger partial charge >= 0.3 is 0 Å². The summed E-state index contributed by atoms with van der Waals surface area (Å²) in [6, 6.07) is 0. The predicted octanol–water partition coefficient (Wildman–Crippen LogP) is 1.57. The molecule has 2 heteroatoms. The van der Waals surface area contributed by atoms with Crippen molar-refractivity contribution < 1.29 is 9.84 Å². The van der Waals surface area contributed by atoms with Gasteiger partial charge in [0.25, 0.3) is 0 Å². The van der Waals surface area contributed by atoms with Gasteiger partial charge in [-0.1, -0.05) is 20.3 Å². The lowest BCUT2D eigenvalue weighted by Gasteiger charge is -2.46. The van der Waals surface area contributed by atoms with Crippen molar-refractivity contribution in [2.45, 2.75) is 39.2 Å². The molecule has 1 saturated carbocycles. The number of rotatable bonds is 0. The fourth-order valence-electron chi connectivity index (χ4n) is 2.69. The SMILES string of the molecule is C[C@]12CCC[C@@H](O)[C@@]1(C)COC2. The Morgan fingerprint density at radius 1 is 1.33 bits per heavy atom. The third kappa shape index (κ3) is 0.882. The number of fused-ring (bicyclic) bond motifs is 1. The van der Waals surface area contributed by atoms with Crippen LogP contribution in [0, 0.1) is 10.8 Å². The summed E-state index contributed by atoms with van der Waals surface area (Å²) in [7, 11) is 0. The van der Waals surface area contributed by atoms with E-state index in [0.29, 0.717) is 0 Å². The Balaban J connectivity index is 2.30. The Morgan fingerprint density at radius 2 is 2.08 bits per heavy atom. The van der Waals surface area contributed by atoms with Crippen molar-refractivity contribution >= 4 is 0 Å². The van der Waals surface area contributed by atoms with Crippen LogP contribution in [0.15, 0.2) is 0 Å². The quantitative estimate of drug-likeness (QED) is 0.598. The Morgan fingerprint density at radius 3 is 2.75 bits per heavy atom. The molecule has 70 valence electrons. The second kappa shape index (κ2) is 2.46. The molecule has 0 spiro atoms. The molecule has 0 amide bonds. The Hall–Kier alpha value is -0.0800. The third-order valence-electron chi connectivity index (χ3n) is 4.14. The molecule has 1 saturated heterocycles. The van der Waals surface area contributed by atoms with E-state index >= 15 is 0 Å². The van der Waals surface area contributed by atoms with Crippen molar-refractivity contribution in [2.24, 2.45) is 10.8 Å². The molecule has 0 aromatic heterocycles. The highest BCUT2D eigenvalue weighted by atomic mass is 16.5. The van der Waals surface area contributed by atoms with Crippen molar-refractivity contribution in [3.05, 3.63) is 0 Å². The Kier molecular flexibility index (Phi) is 1.74. The molecule has 0 unspecified atom stereocenters. The monoisotopic (exact) mass is 170 g/mol. The van der Waals surface area contributed by atoms with Crippen molar-refractivity contribution in [1.29, 1.82) is 0 Å². The van der Waals surface area contributed by atoms with E-state index in [1.165, 1.54) is 6.42 Å². The second-order valence-corrected chi connectivity index (χ2v) is 4.88. The van der Waals surface area contributed by atoms with Gasteiger partial charge in [0, 0.05) is 10.8 Å². The molecule has 2 aliphatic rings. The first kappa shape index (κ1) is 8.52. The van der Waals surface area contributed by atoms with Gasteiger partial charge < -0.3 is 9.84 Å². The van der Waals surface area contributed by atoms with Gasteiger partial charge in [0.15, 0.2) is 0 Å². The first-order valence-corrected chi connectivity index (χ1v) is 4.84. The molecule has 0 radical (unpaired) electrons. The smallest absolute Gasteiger partial charge is 0.0621 e. The van der Waals surface area contributed by atoms with E-state index < -0.39 is 0 Å². The highest BCUT2D eigenvalue weighted by Crippen LogP contribution is 2.54. The van der Waals surface area contributed by atoms with E-state index in [0.717, 1.165) is 26.1 Å². The second-order valence-electron chi connectivity index (χ2n) is 4.88. The summed E-state index contributed by atoms with van der Waals surface area (Å²) in [5.74, 6) is 0. The Bertz CT molecular complexity index is 192. The van der Waals surface area contributed by atoms with Crippen LogP contribution in [0.4, 0.5) is 0 Å². The van der Waals surface area contributed by atoms with Crippen LogP contribution >= 0.6 is 0 Å². The van der Waals surface area contributed by atoms with Crippen LogP contribution in [0.5, 0.6) is 0 Å². The summed E-state index contributed by atoms with van der Waals surface area (Å²) in [4.78, 5) is 0. The van der Waals surface area contributed by atoms with Gasteiger partial charge in [0.05, 0.1) is 19.3 Å². The maximum atomic E-state index is 9.92.